The molecule has 0 fully saturated rings. The fourth-order valence-electron chi connectivity index (χ4n) is 1.74. The third kappa shape index (κ3) is 3.31. The standard InChI is InChI=1S/C13H16ClFO/c1-3-9(4-2)13(16)7-10-5-6-11(14)8-12(10)15/h5-6,8-9H,3-4,7H2,1-2H3. The first-order valence-corrected chi connectivity index (χ1v) is 5.92. The van der Waals surface area contributed by atoms with Crippen LogP contribution in [0.4, 0.5) is 4.39 Å². The molecule has 0 spiro atoms. The molecule has 0 saturated heterocycles. The molecule has 0 aliphatic rings. The molecule has 0 atom stereocenters. The maximum Gasteiger partial charge on any atom is 0.140 e. The lowest BCUT2D eigenvalue weighted by Crippen LogP contribution is -2.15. The maximum atomic E-state index is 13.4. The van der Waals surface area contributed by atoms with Gasteiger partial charge < -0.3 is 0 Å². The lowest BCUT2D eigenvalue weighted by molar-refractivity contribution is -0.122. The molecular weight excluding hydrogens is 227 g/mol. The highest BCUT2D eigenvalue weighted by Crippen LogP contribution is 2.18. The molecule has 88 valence electrons. The Kier molecular flexibility index (Phi) is 4.94. The predicted molar refractivity (Wildman–Crippen MR) is 64.2 cm³/mol. The summed E-state index contributed by atoms with van der Waals surface area (Å²) in [5.41, 5.74) is 0.432. The van der Waals surface area contributed by atoms with Crippen LogP contribution in [0.5, 0.6) is 0 Å². The van der Waals surface area contributed by atoms with E-state index in [1.54, 1.807) is 12.1 Å². The number of halogens is 2. The smallest absolute Gasteiger partial charge is 0.140 e. The summed E-state index contributed by atoms with van der Waals surface area (Å²) in [4.78, 5) is 11.8. The van der Waals surface area contributed by atoms with Crippen molar-refractivity contribution in [3.63, 3.8) is 0 Å². The second-order valence-electron chi connectivity index (χ2n) is 3.89. The Morgan fingerprint density at radius 2 is 2.00 bits per heavy atom. The van der Waals surface area contributed by atoms with Gasteiger partial charge in [0.15, 0.2) is 0 Å². The molecule has 0 radical (unpaired) electrons. The van der Waals surface area contributed by atoms with Crippen molar-refractivity contribution in [2.75, 3.05) is 0 Å². The monoisotopic (exact) mass is 242 g/mol. The van der Waals surface area contributed by atoms with Gasteiger partial charge in [-0.15, -0.1) is 0 Å². The lowest BCUT2D eigenvalue weighted by atomic mass is 9.93. The highest BCUT2D eigenvalue weighted by atomic mass is 35.5. The highest BCUT2D eigenvalue weighted by molar-refractivity contribution is 6.30. The van der Waals surface area contributed by atoms with E-state index >= 15 is 0 Å². The molecule has 0 bridgehead atoms. The van der Waals surface area contributed by atoms with E-state index in [1.165, 1.54) is 6.07 Å². The minimum atomic E-state index is -0.396. The quantitative estimate of drug-likeness (QED) is 0.762. The van der Waals surface area contributed by atoms with Crippen molar-refractivity contribution in [2.45, 2.75) is 33.1 Å². The molecule has 1 aromatic carbocycles. The van der Waals surface area contributed by atoms with E-state index in [0.29, 0.717) is 10.6 Å². The van der Waals surface area contributed by atoms with Gasteiger partial charge in [0.1, 0.15) is 11.6 Å². The van der Waals surface area contributed by atoms with E-state index in [9.17, 15) is 9.18 Å². The topological polar surface area (TPSA) is 17.1 Å². The number of benzene rings is 1. The first-order chi connectivity index (χ1) is 7.58. The van der Waals surface area contributed by atoms with Crippen LogP contribution in [-0.2, 0) is 11.2 Å². The number of hydrogen-bond acceptors (Lipinski definition) is 1. The van der Waals surface area contributed by atoms with Gasteiger partial charge in [-0.3, -0.25) is 4.79 Å². The molecule has 0 aromatic heterocycles. The fourth-order valence-corrected chi connectivity index (χ4v) is 1.90. The zero-order valence-electron chi connectivity index (χ0n) is 9.59. The van der Waals surface area contributed by atoms with Crippen molar-refractivity contribution < 1.29 is 9.18 Å². The van der Waals surface area contributed by atoms with Crippen LogP contribution in [0, 0.1) is 11.7 Å². The van der Waals surface area contributed by atoms with Gasteiger partial charge in [-0.05, 0) is 30.5 Å². The highest BCUT2D eigenvalue weighted by Gasteiger charge is 2.16. The van der Waals surface area contributed by atoms with Crippen LogP contribution in [0.1, 0.15) is 32.3 Å². The summed E-state index contributed by atoms with van der Waals surface area (Å²) < 4.78 is 13.4. The Hall–Kier alpha value is -0.890. The average Bonchev–Trinajstić information content (AvgIpc) is 2.24. The summed E-state index contributed by atoms with van der Waals surface area (Å²) in [6.07, 6.45) is 1.78. The Balaban J connectivity index is 2.76. The van der Waals surface area contributed by atoms with E-state index in [0.717, 1.165) is 12.8 Å². The van der Waals surface area contributed by atoms with Gasteiger partial charge in [-0.1, -0.05) is 31.5 Å². The lowest BCUT2D eigenvalue weighted by Gasteiger charge is -2.11. The molecule has 0 saturated carbocycles. The number of carbonyl (C=O) groups is 1. The normalized spacial score (nSPS) is 10.8. The molecule has 0 heterocycles. The van der Waals surface area contributed by atoms with Crippen LogP contribution in [0.25, 0.3) is 0 Å². The largest absolute Gasteiger partial charge is 0.299 e. The molecule has 1 aromatic rings. The summed E-state index contributed by atoms with van der Waals surface area (Å²) in [5.74, 6) is -0.256. The third-order valence-corrected chi connectivity index (χ3v) is 3.06. The number of Topliss-reactive ketones (excluding diaryl/α,β-unsaturated/α-hetero) is 1. The van der Waals surface area contributed by atoms with E-state index < -0.39 is 5.82 Å². The second kappa shape index (κ2) is 6.00. The van der Waals surface area contributed by atoms with Gasteiger partial charge >= 0.3 is 0 Å². The molecule has 1 nitrogen and oxygen atoms in total. The molecule has 0 aliphatic heterocycles. The first kappa shape index (κ1) is 13.2. The molecule has 0 aliphatic carbocycles. The van der Waals surface area contributed by atoms with E-state index in [-0.39, 0.29) is 18.1 Å². The van der Waals surface area contributed by atoms with Crippen LogP contribution >= 0.6 is 11.6 Å². The van der Waals surface area contributed by atoms with Crippen LogP contribution in [-0.4, -0.2) is 5.78 Å². The molecule has 0 N–H and O–H groups in total. The van der Waals surface area contributed by atoms with Crippen molar-refractivity contribution in [3.8, 4) is 0 Å². The SMILES string of the molecule is CCC(CC)C(=O)Cc1ccc(Cl)cc1F. The van der Waals surface area contributed by atoms with Gasteiger partial charge in [0.25, 0.3) is 0 Å². The first-order valence-electron chi connectivity index (χ1n) is 5.55. The van der Waals surface area contributed by atoms with E-state index in [2.05, 4.69) is 0 Å². The van der Waals surface area contributed by atoms with Gasteiger partial charge in [0, 0.05) is 17.4 Å². The fraction of sp³-hybridized carbons (Fsp3) is 0.462. The number of ketones is 1. The van der Waals surface area contributed by atoms with E-state index in [4.69, 9.17) is 11.6 Å². The van der Waals surface area contributed by atoms with Crippen LogP contribution in [0.3, 0.4) is 0 Å². The van der Waals surface area contributed by atoms with Crippen molar-refractivity contribution in [1.82, 2.24) is 0 Å². The van der Waals surface area contributed by atoms with Crippen molar-refractivity contribution in [3.05, 3.63) is 34.6 Å². The maximum absolute atomic E-state index is 13.4. The van der Waals surface area contributed by atoms with Crippen LogP contribution < -0.4 is 0 Å². The Morgan fingerprint density at radius 1 is 1.38 bits per heavy atom. The summed E-state index contributed by atoms with van der Waals surface area (Å²) in [6.45, 7) is 3.95. The summed E-state index contributed by atoms with van der Waals surface area (Å²) >= 11 is 5.65. The van der Waals surface area contributed by atoms with Gasteiger partial charge in [-0.25, -0.2) is 4.39 Å². The zero-order chi connectivity index (χ0) is 12.1. The Bertz CT molecular complexity index is 372. The second-order valence-corrected chi connectivity index (χ2v) is 4.33. The molecule has 0 unspecified atom stereocenters. The molecule has 16 heavy (non-hydrogen) atoms. The molecule has 1 rings (SSSR count). The van der Waals surface area contributed by atoms with Crippen molar-refractivity contribution in [2.24, 2.45) is 5.92 Å². The minimum Gasteiger partial charge on any atom is -0.299 e. The minimum absolute atomic E-state index is 0.0371. The number of hydrogen-bond donors (Lipinski definition) is 0. The molecular formula is C13H16ClFO. The average molecular weight is 243 g/mol. The third-order valence-electron chi connectivity index (χ3n) is 2.82. The molecule has 3 heteroatoms. The van der Waals surface area contributed by atoms with Gasteiger partial charge in [0.2, 0.25) is 0 Å². The van der Waals surface area contributed by atoms with Crippen molar-refractivity contribution in [1.29, 1.82) is 0 Å². The number of rotatable bonds is 5. The Morgan fingerprint density at radius 3 is 2.50 bits per heavy atom. The van der Waals surface area contributed by atoms with Crippen LogP contribution in [0.2, 0.25) is 5.02 Å². The summed E-state index contributed by atoms with van der Waals surface area (Å²) in [7, 11) is 0. The van der Waals surface area contributed by atoms with Gasteiger partial charge in [-0.2, -0.15) is 0 Å². The summed E-state index contributed by atoms with van der Waals surface area (Å²) in [6, 6.07) is 4.44. The number of carbonyl (C=O) groups excluding carboxylic acids is 1. The molecule has 0 amide bonds. The van der Waals surface area contributed by atoms with E-state index in [1.807, 2.05) is 13.8 Å². The zero-order valence-corrected chi connectivity index (χ0v) is 10.4. The predicted octanol–water partition coefficient (Wildman–Crippen LogP) is 4.03. The van der Waals surface area contributed by atoms with Crippen LogP contribution in [0.15, 0.2) is 18.2 Å². The van der Waals surface area contributed by atoms with Crippen molar-refractivity contribution >= 4 is 17.4 Å². The van der Waals surface area contributed by atoms with Gasteiger partial charge in [0.05, 0.1) is 0 Å². The summed E-state index contributed by atoms with van der Waals surface area (Å²) in [5, 5.41) is 0.358. The Labute approximate surface area is 101 Å².